The number of carbonyl (C=O) groups excluding carboxylic acids is 2. The first-order valence-electron chi connectivity index (χ1n) is 8.31. The molecule has 3 heterocycles. The molecule has 4 nitrogen and oxygen atoms in total. The maximum absolute atomic E-state index is 11.7. The first kappa shape index (κ1) is 20.9. The predicted molar refractivity (Wildman–Crippen MR) is 130 cm³/mol. The molecule has 1 aromatic heterocycles. The lowest BCUT2D eigenvalue weighted by molar-refractivity contribution is -0.140. The van der Waals surface area contributed by atoms with E-state index in [0.717, 1.165) is 25.7 Å². The summed E-state index contributed by atoms with van der Waals surface area (Å²) in [5, 5.41) is 0. The molecule has 0 aliphatic carbocycles. The second-order valence-electron chi connectivity index (χ2n) is 6.21. The number of esters is 2. The molecule has 0 bridgehead atoms. The van der Waals surface area contributed by atoms with Crippen LogP contribution in [0, 0.1) is 0 Å². The minimum Gasteiger partial charge on any atom is -0.469 e. The lowest BCUT2D eigenvalue weighted by atomic mass is 9.70. The fraction of sp³-hybridized carbons (Fsp3) is 0.222. The molecule has 27 heavy (non-hydrogen) atoms. The highest BCUT2D eigenvalue weighted by atomic mass is 127. The number of allylic oxidation sites excluding steroid dienone is 2. The van der Waals surface area contributed by atoms with Crippen molar-refractivity contribution in [2.24, 2.45) is 0 Å². The van der Waals surface area contributed by atoms with Gasteiger partial charge in [0.15, 0.2) is 0 Å². The monoisotopic (exact) mass is 604 g/mol. The minimum absolute atomic E-state index is 0.223. The molecule has 0 unspecified atom stereocenters. The largest absolute Gasteiger partial charge is 0.469 e. The van der Waals surface area contributed by atoms with E-state index in [1.165, 1.54) is 41.9 Å². The standard InChI is InChI=1S/C18H16B2I2O4S/c1-25-15(23)7-9-5-13(21)19-17(9)11-3-4-12(27-11)18-10(6-14(22)20-18)8-16(24)26-2/h3-6,19-20H,7-8H2,1-2H3. The highest BCUT2D eigenvalue weighted by Crippen LogP contribution is 2.40. The molecule has 138 valence electrons. The number of hydrogen-bond donors (Lipinski definition) is 0. The Morgan fingerprint density at radius 3 is 1.67 bits per heavy atom. The van der Waals surface area contributed by atoms with Gasteiger partial charge in [0.1, 0.15) is 0 Å². The summed E-state index contributed by atoms with van der Waals surface area (Å²) in [6, 6.07) is 4.23. The van der Waals surface area contributed by atoms with E-state index in [0.29, 0.717) is 12.8 Å². The molecular formula is C18H16B2I2O4S. The van der Waals surface area contributed by atoms with Crippen molar-refractivity contribution < 1.29 is 19.1 Å². The molecule has 0 atom stereocenters. The topological polar surface area (TPSA) is 52.6 Å². The summed E-state index contributed by atoms with van der Waals surface area (Å²) in [6.45, 7) is 0. The Hall–Kier alpha value is -0.810. The molecule has 3 rings (SSSR count). The summed E-state index contributed by atoms with van der Waals surface area (Å²) in [5.41, 5.74) is 4.44. The van der Waals surface area contributed by atoms with E-state index in [-0.39, 0.29) is 11.9 Å². The highest BCUT2D eigenvalue weighted by Gasteiger charge is 2.24. The second kappa shape index (κ2) is 9.13. The fourth-order valence-electron chi connectivity index (χ4n) is 3.14. The van der Waals surface area contributed by atoms with Crippen LogP contribution in [0.2, 0.25) is 0 Å². The van der Waals surface area contributed by atoms with E-state index < -0.39 is 0 Å². The summed E-state index contributed by atoms with van der Waals surface area (Å²) < 4.78 is 12.1. The Morgan fingerprint density at radius 2 is 1.30 bits per heavy atom. The predicted octanol–water partition coefficient (Wildman–Crippen LogP) is 3.75. The molecule has 0 radical (unpaired) electrons. The number of hydrogen-bond acceptors (Lipinski definition) is 5. The number of halogens is 2. The minimum atomic E-state index is -0.223. The van der Waals surface area contributed by atoms with Crippen LogP contribution in [0.5, 0.6) is 0 Å². The fourth-order valence-corrected chi connectivity index (χ4v) is 5.82. The van der Waals surface area contributed by atoms with Gasteiger partial charge < -0.3 is 9.47 Å². The van der Waals surface area contributed by atoms with Gasteiger partial charge in [-0.2, -0.15) is 0 Å². The van der Waals surface area contributed by atoms with Crippen molar-refractivity contribution in [3.05, 3.63) is 52.1 Å². The van der Waals surface area contributed by atoms with Crippen LogP contribution in [0.3, 0.4) is 0 Å². The number of carbonyl (C=O) groups is 2. The van der Waals surface area contributed by atoms with Gasteiger partial charge in [0, 0.05) is 9.75 Å². The molecular weight excluding hydrogens is 588 g/mol. The molecule has 0 saturated carbocycles. The van der Waals surface area contributed by atoms with Gasteiger partial charge in [-0.3, -0.25) is 9.59 Å². The average Bonchev–Trinajstić information content (AvgIpc) is 3.33. The maximum Gasteiger partial charge on any atom is 0.309 e. The van der Waals surface area contributed by atoms with Crippen LogP contribution in [-0.4, -0.2) is 40.7 Å². The quantitative estimate of drug-likeness (QED) is 0.283. The van der Waals surface area contributed by atoms with Crippen LogP contribution in [0.25, 0.3) is 10.9 Å². The highest BCUT2D eigenvalue weighted by molar-refractivity contribution is 14.1. The van der Waals surface area contributed by atoms with Gasteiger partial charge in [0.2, 0.25) is 14.6 Å². The van der Waals surface area contributed by atoms with Gasteiger partial charge >= 0.3 is 11.9 Å². The van der Waals surface area contributed by atoms with E-state index in [1.54, 1.807) is 11.3 Å². The van der Waals surface area contributed by atoms with Gasteiger partial charge in [0.05, 0.1) is 27.1 Å². The van der Waals surface area contributed by atoms with Crippen LogP contribution >= 0.6 is 56.5 Å². The van der Waals surface area contributed by atoms with Crippen molar-refractivity contribution in [2.75, 3.05) is 14.2 Å². The third-order valence-corrected chi connectivity index (χ3v) is 7.04. The third-order valence-electron chi connectivity index (χ3n) is 4.45. The normalized spacial score (nSPS) is 16.0. The summed E-state index contributed by atoms with van der Waals surface area (Å²) in [4.78, 5) is 25.8. The van der Waals surface area contributed by atoms with Crippen molar-refractivity contribution in [1.82, 2.24) is 0 Å². The Balaban J connectivity index is 1.90. The Kier molecular flexibility index (Phi) is 7.07. The Bertz CT molecular complexity index is 855. The van der Waals surface area contributed by atoms with Gasteiger partial charge in [-0.15, -0.1) is 11.3 Å². The molecule has 1 aromatic rings. The lowest BCUT2D eigenvalue weighted by Crippen LogP contribution is -2.02. The number of ether oxygens (including phenoxy) is 2. The maximum atomic E-state index is 11.7. The SMILES string of the molecule is COC(=O)CC1=C(c2ccc(C3=C(CC(=O)OC)C=C(I)B3)s2)BC(I)=C1. The lowest BCUT2D eigenvalue weighted by Gasteiger charge is -2.06. The van der Waals surface area contributed by atoms with Crippen LogP contribution < -0.4 is 0 Å². The summed E-state index contributed by atoms with van der Waals surface area (Å²) in [5.74, 6) is -0.446. The third kappa shape index (κ3) is 4.97. The molecule has 0 amide bonds. The van der Waals surface area contributed by atoms with Gasteiger partial charge in [-0.05, 0) is 30.2 Å². The Morgan fingerprint density at radius 1 is 0.889 bits per heavy atom. The van der Waals surface area contributed by atoms with Crippen LogP contribution in [0.15, 0.2) is 42.4 Å². The molecule has 0 spiro atoms. The average molecular weight is 604 g/mol. The van der Waals surface area contributed by atoms with E-state index in [1.807, 2.05) is 0 Å². The zero-order valence-corrected chi connectivity index (χ0v) is 20.1. The summed E-state index contributed by atoms with van der Waals surface area (Å²) in [7, 11) is 4.52. The number of thiophene rings is 1. The van der Waals surface area contributed by atoms with Crippen molar-refractivity contribution in [3.63, 3.8) is 0 Å². The zero-order valence-electron chi connectivity index (χ0n) is 14.9. The van der Waals surface area contributed by atoms with Crippen molar-refractivity contribution >= 4 is 94.0 Å². The molecule has 0 saturated heterocycles. The van der Waals surface area contributed by atoms with Crippen LogP contribution in [0.1, 0.15) is 22.6 Å². The molecule has 0 fully saturated rings. The van der Waals surface area contributed by atoms with E-state index in [2.05, 4.69) is 69.5 Å². The molecule has 0 aromatic carbocycles. The first-order valence-corrected chi connectivity index (χ1v) is 11.3. The van der Waals surface area contributed by atoms with Crippen molar-refractivity contribution in [3.8, 4) is 0 Å². The molecule has 2 aliphatic rings. The van der Waals surface area contributed by atoms with Crippen LogP contribution in [-0.2, 0) is 19.1 Å². The van der Waals surface area contributed by atoms with Crippen LogP contribution in [0.4, 0.5) is 0 Å². The zero-order chi connectivity index (χ0) is 19.6. The second-order valence-corrected chi connectivity index (χ2v) is 10.1. The van der Waals surface area contributed by atoms with Crippen molar-refractivity contribution in [1.29, 1.82) is 0 Å². The molecule has 0 N–H and O–H groups in total. The van der Waals surface area contributed by atoms with E-state index >= 15 is 0 Å². The summed E-state index contributed by atoms with van der Waals surface area (Å²) in [6.07, 6.45) is 4.74. The molecule has 9 heteroatoms. The van der Waals surface area contributed by atoms with Crippen molar-refractivity contribution in [2.45, 2.75) is 12.8 Å². The summed E-state index contributed by atoms with van der Waals surface area (Å²) >= 11 is 6.35. The number of methoxy groups -OCH3 is 2. The smallest absolute Gasteiger partial charge is 0.309 e. The van der Waals surface area contributed by atoms with Gasteiger partial charge in [0.25, 0.3) is 0 Å². The number of rotatable bonds is 6. The van der Waals surface area contributed by atoms with Gasteiger partial charge in [-0.1, -0.05) is 68.3 Å². The Labute approximate surface area is 190 Å². The molecule has 2 aliphatic heterocycles. The van der Waals surface area contributed by atoms with E-state index in [4.69, 9.17) is 9.47 Å². The van der Waals surface area contributed by atoms with Gasteiger partial charge in [-0.25, -0.2) is 0 Å². The van der Waals surface area contributed by atoms with E-state index in [9.17, 15) is 9.59 Å². The first-order chi connectivity index (χ1) is 12.9.